The van der Waals surface area contributed by atoms with E-state index in [2.05, 4.69) is 15.5 Å². The maximum atomic E-state index is 12.3. The lowest BCUT2D eigenvalue weighted by Crippen LogP contribution is -2.33. The van der Waals surface area contributed by atoms with Crippen molar-refractivity contribution in [2.45, 2.75) is 32.8 Å². The molecule has 0 radical (unpaired) electrons. The third-order valence-electron chi connectivity index (χ3n) is 3.96. The number of carbonyl (C=O) groups excluding carboxylic acids is 1. The fourth-order valence-corrected chi connectivity index (χ4v) is 2.53. The Hall–Kier alpha value is -2.41. The summed E-state index contributed by atoms with van der Waals surface area (Å²) in [7, 11) is 0. The van der Waals surface area contributed by atoms with Crippen molar-refractivity contribution >= 4 is 11.7 Å². The highest BCUT2D eigenvalue weighted by atomic mass is 16.5. The van der Waals surface area contributed by atoms with Gasteiger partial charge in [-0.1, -0.05) is 18.1 Å². The van der Waals surface area contributed by atoms with E-state index in [0.29, 0.717) is 43.3 Å². The number of urea groups is 1. The Kier molecular flexibility index (Phi) is 4.29. The van der Waals surface area contributed by atoms with Crippen LogP contribution in [0.5, 0.6) is 0 Å². The van der Waals surface area contributed by atoms with Gasteiger partial charge in [-0.3, -0.25) is 0 Å². The number of aliphatic hydroxyl groups excluding tert-OH is 1. The van der Waals surface area contributed by atoms with Crippen LogP contribution in [0.4, 0.5) is 10.5 Å². The summed E-state index contributed by atoms with van der Waals surface area (Å²) in [6, 6.07) is 5.41. The molecule has 1 aliphatic heterocycles. The summed E-state index contributed by atoms with van der Waals surface area (Å²) in [5.74, 6) is 1.09. The molecule has 2 N–H and O–H groups in total. The molecule has 0 spiro atoms. The zero-order chi connectivity index (χ0) is 16.4. The van der Waals surface area contributed by atoms with Gasteiger partial charge in [0.25, 0.3) is 5.89 Å². The van der Waals surface area contributed by atoms with Crippen LogP contribution in [0.2, 0.25) is 0 Å². The standard InChI is InChI=1S/C16H20N4O3/c1-3-14-18-15(23-19-14)11-5-4-10(2)13(8-11)17-16(22)20-7-6-12(21)9-20/h4-5,8,12,21H,3,6-7,9H2,1-2H3,(H,17,22)/t12-/m1/s1. The molecule has 1 fully saturated rings. The summed E-state index contributed by atoms with van der Waals surface area (Å²) < 4.78 is 5.24. The molecule has 2 aromatic rings. The summed E-state index contributed by atoms with van der Waals surface area (Å²) in [6.45, 7) is 4.81. The number of hydrogen-bond acceptors (Lipinski definition) is 5. The SMILES string of the molecule is CCc1noc(-c2ccc(C)c(NC(=O)N3CC[C@@H](O)C3)c2)n1. The smallest absolute Gasteiger partial charge is 0.321 e. The van der Waals surface area contributed by atoms with Gasteiger partial charge in [0.15, 0.2) is 5.82 Å². The Balaban J connectivity index is 1.79. The first-order valence-electron chi connectivity index (χ1n) is 7.74. The number of hydrogen-bond donors (Lipinski definition) is 2. The third-order valence-corrected chi connectivity index (χ3v) is 3.96. The van der Waals surface area contributed by atoms with Gasteiger partial charge in [0, 0.05) is 30.8 Å². The van der Waals surface area contributed by atoms with Crippen LogP contribution in [0, 0.1) is 6.92 Å². The lowest BCUT2D eigenvalue weighted by molar-refractivity contribution is 0.176. The second-order valence-corrected chi connectivity index (χ2v) is 5.72. The zero-order valence-corrected chi connectivity index (χ0v) is 13.2. The van der Waals surface area contributed by atoms with Crippen LogP contribution in [0.3, 0.4) is 0 Å². The van der Waals surface area contributed by atoms with Crippen molar-refractivity contribution in [3.63, 3.8) is 0 Å². The molecule has 1 aromatic carbocycles. The molecular weight excluding hydrogens is 296 g/mol. The van der Waals surface area contributed by atoms with E-state index in [-0.39, 0.29) is 6.03 Å². The van der Waals surface area contributed by atoms with Crippen LogP contribution in [0.15, 0.2) is 22.7 Å². The largest absolute Gasteiger partial charge is 0.391 e. The predicted molar refractivity (Wildman–Crippen MR) is 85.1 cm³/mol. The molecule has 1 saturated heterocycles. The van der Waals surface area contributed by atoms with Gasteiger partial charge in [0.1, 0.15) is 0 Å². The highest BCUT2D eigenvalue weighted by molar-refractivity contribution is 5.91. The van der Waals surface area contributed by atoms with Crippen molar-refractivity contribution in [2.75, 3.05) is 18.4 Å². The number of carbonyl (C=O) groups is 1. The molecular formula is C16H20N4O3. The van der Waals surface area contributed by atoms with Crippen LogP contribution in [0.1, 0.15) is 24.7 Å². The minimum Gasteiger partial charge on any atom is -0.391 e. The van der Waals surface area contributed by atoms with Crippen LogP contribution in [-0.2, 0) is 6.42 Å². The number of aromatic nitrogens is 2. The molecule has 0 saturated carbocycles. The molecule has 0 bridgehead atoms. The van der Waals surface area contributed by atoms with E-state index in [9.17, 15) is 9.90 Å². The first kappa shape index (κ1) is 15.5. The molecule has 2 heterocycles. The second-order valence-electron chi connectivity index (χ2n) is 5.72. The number of rotatable bonds is 3. The quantitative estimate of drug-likeness (QED) is 0.906. The van der Waals surface area contributed by atoms with Crippen LogP contribution >= 0.6 is 0 Å². The van der Waals surface area contributed by atoms with Gasteiger partial charge in [-0.2, -0.15) is 4.98 Å². The maximum absolute atomic E-state index is 12.3. The van der Waals surface area contributed by atoms with Crippen molar-refractivity contribution in [2.24, 2.45) is 0 Å². The Morgan fingerprint density at radius 1 is 1.52 bits per heavy atom. The number of nitrogens with zero attached hydrogens (tertiary/aromatic N) is 3. The summed E-state index contributed by atoms with van der Waals surface area (Å²) in [4.78, 5) is 18.2. The number of nitrogens with one attached hydrogen (secondary N) is 1. The van der Waals surface area contributed by atoms with Crippen molar-refractivity contribution in [1.29, 1.82) is 0 Å². The molecule has 7 nitrogen and oxygen atoms in total. The average Bonchev–Trinajstić information content (AvgIpc) is 3.18. The number of amides is 2. The van der Waals surface area contributed by atoms with E-state index in [1.54, 1.807) is 4.90 Å². The molecule has 1 aromatic heterocycles. The Labute approximate surface area is 134 Å². The van der Waals surface area contributed by atoms with Gasteiger partial charge in [0.2, 0.25) is 0 Å². The number of likely N-dealkylation sites (tertiary alicyclic amines) is 1. The fraction of sp³-hybridized carbons (Fsp3) is 0.438. The summed E-state index contributed by atoms with van der Waals surface area (Å²) in [5, 5.41) is 16.3. The number of benzene rings is 1. The number of anilines is 1. The van der Waals surface area contributed by atoms with Crippen molar-refractivity contribution < 1.29 is 14.4 Å². The van der Waals surface area contributed by atoms with E-state index >= 15 is 0 Å². The van der Waals surface area contributed by atoms with Crippen molar-refractivity contribution in [3.05, 3.63) is 29.6 Å². The van der Waals surface area contributed by atoms with Gasteiger partial charge in [-0.05, 0) is 31.0 Å². The van der Waals surface area contributed by atoms with E-state index in [1.165, 1.54) is 0 Å². The Morgan fingerprint density at radius 2 is 2.35 bits per heavy atom. The molecule has 0 aliphatic carbocycles. The van der Waals surface area contributed by atoms with Gasteiger partial charge in [-0.25, -0.2) is 4.79 Å². The van der Waals surface area contributed by atoms with Crippen LogP contribution in [0.25, 0.3) is 11.5 Å². The minimum absolute atomic E-state index is 0.207. The Morgan fingerprint density at radius 3 is 3.00 bits per heavy atom. The normalized spacial score (nSPS) is 17.5. The highest BCUT2D eigenvalue weighted by Gasteiger charge is 2.24. The topological polar surface area (TPSA) is 91.5 Å². The first-order valence-corrected chi connectivity index (χ1v) is 7.74. The van der Waals surface area contributed by atoms with E-state index in [4.69, 9.17) is 4.52 Å². The summed E-state index contributed by atoms with van der Waals surface area (Å²) in [5.41, 5.74) is 2.40. The van der Waals surface area contributed by atoms with Gasteiger partial charge < -0.3 is 19.8 Å². The van der Waals surface area contributed by atoms with Gasteiger partial charge >= 0.3 is 6.03 Å². The molecule has 122 valence electrons. The first-order chi connectivity index (χ1) is 11.1. The monoisotopic (exact) mass is 316 g/mol. The van der Waals surface area contributed by atoms with Crippen LogP contribution < -0.4 is 5.32 Å². The maximum Gasteiger partial charge on any atom is 0.321 e. The van der Waals surface area contributed by atoms with E-state index < -0.39 is 6.10 Å². The summed E-state index contributed by atoms with van der Waals surface area (Å²) >= 11 is 0. The third kappa shape index (κ3) is 3.34. The lowest BCUT2D eigenvalue weighted by atomic mass is 10.1. The minimum atomic E-state index is -0.431. The fourth-order valence-electron chi connectivity index (χ4n) is 2.53. The van der Waals surface area contributed by atoms with Gasteiger partial charge in [-0.15, -0.1) is 0 Å². The molecule has 7 heteroatoms. The van der Waals surface area contributed by atoms with Crippen molar-refractivity contribution in [3.8, 4) is 11.5 Å². The second kappa shape index (κ2) is 6.37. The summed E-state index contributed by atoms with van der Waals surface area (Å²) in [6.07, 6.45) is 0.892. The van der Waals surface area contributed by atoms with E-state index in [1.807, 2.05) is 32.0 Å². The molecule has 1 aliphatic rings. The molecule has 2 amide bonds. The molecule has 3 rings (SSSR count). The highest BCUT2D eigenvalue weighted by Crippen LogP contribution is 2.25. The zero-order valence-electron chi connectivity index (χ0n) is 13.2. The number of β-amino-alcohol motifs (C(OH)–C–C–N with tert-alkyl or cyclic N) is 1. The van der Waals surface area contributed by atoms with Crippen LogP contribution in [-0.4, -0.2) is 45.4 Å². The molecule has 1 atom stereocenters. The predicted octanol–water partition coefficient (Wildman–Crippen LogP) is 2.21. The Bertz CT molecular complexity index is 713. The van der Waals surface area contributed by atoms with Gasteiger partial charge in [0.05, 0.1) is 6.10 Å². The average molecular weight is 316 g/mol. The number of aryl methyl sites for hydroxylation is 2. The molecule has 0 unspecified atom stereocenters. The van der Waals surface area contributed by atoms with E-state index in [0.717, 1.165) is 11.1 Å². The van der Waals surface area contributed by atoms with Crippen molar-refractivity contribution in [1.82, 2.24) is 15.0 Å². The molecule has 23 heavy (non-hydrogen) atoms. The number of aliphatic hydroxyl groups is 1. The lowest BCUT2D eigenvalue weighted by Gasteiger charge is -2.17.